The molecule has 0 unspecified atom stereocenters. The number of aromatic nitrogens is 4. The highest BCUT2D eigenvalue weighted by molar-refractivity contribution is 7.89. The number of nitrogens with zero attached hydrogens (tertiary/aromatic N) is 5. The van der Waals surface area contributed by atoms with Crippen LogP contribution in [0.4, 0.5) is 5.95 Å². The van der Waals surface area contributed by atoms with Crippen molar-refractivity contribution in [1.29, 1.82) is 0 Å². The molecule has 0 aliphatic rings. The fraction of sp³-hybridized carbons (Fsp3) is 0.300. The van der Waals surface area contributed by atoms with Crippen LogP contribution in [0.25, 0.3) is 0 Å². The lowest BCUT2D eigenvalue weighted by atomic mass is 10.6. The van der Waals surface area contributed by atoms with E-state index < -0.39 is 10.0 Å². The van der Waals surface area contributed by atoms with Crippen molar-refractivity contribution < 1.29 is 8.42 Å². The van der Waals surface area contributed by atoms with E-state index in [0.717, 1.165) is 0 Å². The first-order chi connectivity index (χ1) is 9.45. The number of hydrogen-bond donors (Lipinski definition) is 2. The van der Waals surface area contributed by atoms with Crippen molar-refractivity contribution in [2.75, 3.05) is 12.5 Å². The Morgan fingerprint density at radius 3 is 2.50 bits per heavy atom. The van der Waals surface area contributed by atoms with Gasteiger partial charge in [-0.15, -0.1) is 0 Å². The molecule has 2 aromatic rings. The highest BCUT2D eigenvalue weighted by Crippen LogP contribution is 2.14. The van der Waals surface area contributed by atoms with Crippen LogP contribution in [0.3, 0.4) is 0 Å². The number of nitrogen functional groups attached to an aromatic ring is 1. The molecule has 0 aliphatic carbocycles. The van der Waals surface area contributed by atoms with Gasteiger partial charge in [0.05, 0.1) is 18.9 Å². The molecular formula is C10H15N7O2S. The number of sulfonamides is 1. The molecule has 0 amide bonds. The third-order valence-corrected chi connectivity index (χ3v) is 4.51. The van der Waals surface area contributed by atoms with E-state index in [0.29, 0.717) is 5.82 Å². The van der Waals surface area contributed by atoms with Gasteiger partial charge in [0.2, 0.25) is 16.0 Å². The van der Waals surface area contributed by atoms with Crippen molar-refractivity contribution in [3.8, 4) is 0 Å². The molecule has 0 atom stereocenters. The molecule has 3 N–H and O–H groups in total. The summed E-state index contributed by atoms with van der Waals surface area (Å²) in [5, 5.41) is 0. The highest BCUT2D eigenvalue weighted by atomic mass is 32.2. The van der Waals surface area contributed by atoms with Crippen LogP contribution in [-0.2, 0) is 23.6 Å². The Kier molecular flexibility index (Phi) is 3.97. The summed E-state index contributed by atoms with van der Waals surface area (Å²) in [5.74, 6) is 5.91. The molecule has 108 valence electrons. The largest absolute Gasteiger partial charge is 0.337 e. The third-order valence-electron chi connectivity index (χ3n) is 2.75. The lowest BCUT2D eigenvalue weighted by molar-refractivity contribution is 0.450. The van der Waals surface area contributed by atoms with Gasteiger partial charge in [-0.2, -0.15) is 4.31 Å². The second-order valence-corrected chi connectivity index (χ2v) is 6.15. The summed E-state index contributed by atoms with van der Waals surface area (Å²) in [6.07, 6.45) is 5.76. The van der Waals surface area contributed by atoms with Gasteiger partial charge in [-0.25, -0.2) is 29.2 Å². The summed E-state index contributed by atoms with van der Waals surface area (Å²) in [4.78, 5) is 11.7. The number of aryl methyl sites for hydroxylation is 1. The highest BCUT2D eigenvalue weighted by Gasteiger charge is 2.23. The third kappa shape index (κ3) is 2.76. The van der Waals surface area contributed by atoms with Gasteiger partial charge in [-0.05, 0) is 0 Å². The Bertz CT molecular complexity index is 680. The van der Waals surface area contributed by atoms with Gasteiger partial charge < -0.3 is 4.57 Å². The molecular weight excluding hydrogens is 282 g/mol. The van der Waals surface area contributed by atoms with Crippen LogP contribution in [0.15, 0.2) is 29.7 Å². The minimum atomic E-state index is -3.67. The molecule has 0 saturated carbocycles. The maximum atomic E-state index is 12.3. The second-order valence-electron chi connectivity index (χ2n) is 4.10. The summed E-state index contributed by atoms with van der Waals surface area (Å²) in [7, 11) is -0.400. The molecule has 20 heavy (non-hydrogen) atoms. The maximum Gasteiger partial charge on any atom is 0.246 e. The van der Waals surface area contributed by atoms with E-state index in [2.05, 4.69) is 20.4 Å². The molecule has 0 bridgehead atoms. The molecule has 2 aromatic heterocycles. The van der Waals surface area contributed by atoms with Gasteiger partial charge in [-0.1, -0.05) is 0 Å². The number of rotatable bonds is 5. The van der Waals surface area contributed by atoms with Crippen molar-refractivity contribution in [3.05, 3.63) is 30.6 Å². The zero-order chi connectivity index (χ0) is 14.8. The molecule has 0 aliphatic heterocycles. The normalized spacial score (nSPS) is 11.8. The molecule has 0 spiro atoms. The summed E-state index contributed by atoms with van der Waals surface area (Å²) >= 11 is 0. The van der Waals surface area contributed by atoms with Crippen molar-refractivity contribution in [2.24, 2.45) is 12.9 Å². The first-order valence-electron chi connectivity index (χ1n) is 5.66. The fourth-order valence-corrected chi connectivity index (χ4v) is 2.55. The molecule has 0 radical (unpaired) electrons. The summed E-state index contributed by atoms with van der Waals surface area (Å²) < 4.78 is 27.6. The predicted octanol–water partition coefficient (Wildman–Crippen LogP) is -0.684. The second kappa shape index (κ2) is 5.53. The number of anilines is 1. The van der Waals surface area contributed by atoms with Crippen LogP contribution in [0.2, 0.25) is 0 Å². The SMILES string of the molecule is CN(Cc1nccn1C)S(=O)(=O)c1cnc(NN)nc1. The van der Waals surface area contributed by atoms with Crippen molar-refractivity contribution in [1.82, 2.24) is 23.8 Å². The zero-order valence-electron chi connectivity index (χ0n) is 11.1. The number of imidazole rings is 1. The van der Waals surface area contributed by atoms with Crippen LogP contribution in [0.1, 0.15) is 5.82 Å². The van der Waals surface area contributed by atoms with Gasteiger partial charge in [0.1, 0.15) is 10.7 Å². The lowest BCUT2D eigenvalue weighted by Gasteiger charge is -2.16. The van der Waals surface area contributed by atoms with Crippen LogP contribution >= 0.6 is 0 Å². The predicted molar refractivity (Wildman–Crippen MR) is 71.7 cm³/mol. The van der Waals surface area contributed by atoms with Crippen molar-refractivity contribution in [2.45, 2.75) is 11.4 Å². The summed E-state index contributed by atoms with van der Waals surface area (Å²) in [6, 6.07) is 0. The molecule has 2 heterocycles. The first kappa shape index (κ1) is 14.4. The van der Waals surface area contributed by atoms with Gasteiger partial charge in [0, 0.05) is 26.5 Å². The van der Waals surface area contributed by atoms with Crippen LogP contribution in [0.5, 0.6) is 0 Å². The topological polar surface area (TPSA) is 119 Å². The van der Waals surface area contributed by atoms with E-state index in [-0.39, 0.29) is 17.4 Å². The lowest BCUT2D eigenvalue weighted by Crippen LogP contribution is -2.28. The smallest absolute Gasteiger partial charge is 0.246 e. The van der Waals surface area contributed by atoms with Crippen LogP contribution < -0.4 is 11.3 Å². The van der Waals surface area contributed by atoms with E-state index in [4.69, 9.17) is 5.84 Å². The van der Waals surface area contributed by atoms with E-state index in [1.165, 1.54) is 23.7 Å². The number of hydrogen-bond acceptors (Lipinski definition) is 7. The number of nitrogens with one attached hydrogen (secondary N) is 1. The van der Waals surface area contributed by atoms with Crippen molar-refractivity contribution in [3.63, 3.8) is 0 Å². The van der Waals surface area contributed by atoms with E-state index in [9.17, 15) is 8.42 Å². The van der Waals surface area contributed by atoms with Gasteiger partial charge in [0.25, 0.3) is 0 Å². The Labute approximate surface area is 116 Å². The molecule has 2 rings (SSSR count). The molecule has 0 fully saturated rings. The monoisotopic (exact) mass is 297 g/mol. The molecule has 10 heteroatoms. The van der Waals surface area contributed by atoms with Gasteiger partial charge >= 0.3 is 0 Å². The van der Waals surface area contributed by atoms with Gasteiger partial charge in [-0.3, -0.25) is 5.43 Å². The zero-order valence-corrected chi connectivity index (χ0v) is 11.9. The Hall–Kier alpha value is -2.04. The Morgan fingerprint density at radius 2 is 2.00 bits per heavy atom. The Balaban J connectivity index is 2.22. The quantitative estimate of drug-likeness (QED) is 0.554. The minimum Gasteiger partial charge on any atom is -0.337 e. The van der Waals surface area contributed by atoms with E-state index in [1.54, 1.807) is 24.0 Å². The van der Waals surface area contributed by atoms with Gasteiger partial charge in [0.15, 0.2) is 0 Å². The van der Waals surface area contributed by atoms with E-state index >= 15 is 0 Å². The van der Waals surface area contributed by atoms with E-state index in [1.807, 2.05) is 0 Å². The first-order valence-corrected chi connectivity index (χ1v) is 7.10. The molecule has 0 saturated heterocycles. The molecule has 9 nitrogen and oxygen atoms in total. The average Bonchev–Trinajstić information content (AvgIpc) is 2.84. The fourth-order valence-electron chi connectivity index (χ4n) is 1.54. The number of nitrogens with two attached hydrogens (primary N) is 1. The summed E-state index contributed by atoms with van der Waals surface area (Å²) in [6.45, 7) is 0.155. The molecule has 0 aromatic carbocycles. The van der Waals surface area contributed by atoms with Crippen molar-refractivity contribution >= 4 is 16.0 Å². The average molecular weight is 297 g/mol. The minimum absolute atomic E-state index is 0.00629. The Morgan fingerprint density at radius 1 is 1.35 bits per heavy atom. The number of hydrazine groups is 1. The van der Waals surface area contributed by atoms with Crippen LogP contribution in [0, 0.1) is 0 Å². The standard InChI is InChI=1S/C10H15N7O2S/c1-16-4-3-12-9(16)7-17(2)20(18,19)8-5-13-10(15-11)14-6-8/h3-6H,7,11H2,1-2H3,(H,13,14,15). The maximum absolute atomic E-state index is 12.3. The summed E-state index contributed by atoms with van der Waals surface area (Å²) in [5.41, 5.74) is 2.23. The van der Waals surface area contributed by atoms with Crippen LogP contribution in [-0.4, -0.2) is 39.3 Å².